The van der Waals surface area contributed by atoms with Crippen molar-refractivity contribution in [3.05, 3.63) is 35.4 Å². The lowest BCUT2D eigenvalue weighted by Gasteiger charge is -2.58. The van der Waals surface area contributed by atoms with Gasteiger partial charge in [-0.2, -0.15) is 0 Å². The van der Waals surface area contributed by atoms with Gasteiger partial charge in [0.1, 0.15) is 0 Å². The molecule has 0 radical (unpaired) electrons. The van der Waals surface area contributed by atoms with E-state index in [-0.39, 0.29) is 0 Å². The highest BCUT2D eigenvalue weighted by atomic mass is 15.1. The van der Waals surface area contributed by atoms with E-state index in [1.54, 1.807) is 11.1 Å². The van der Waals surface area contributed by atoms with Gasteiger partial charge in [-0.05, 0) is 56.3 Å². The second-order valence-corrected chi connectivity index (χ2v) is 6.67. The first-order valence-corrected chi connectivity index (χ1v) is 7.60. The number of likely N-dealkylation sites (tertiary alicyclic amines) is 1. The number of piperidine rings is 1. The SMILES string of the molecule is CN1CC[C@@]23CCCC[C@H]2[C@@H]1Cc1ccccc13. The summed E-state index contributed by atoms with van der Waals surface area (Å²) in [7, 11) is 2.34. The molecule has 1 heteroatoms. The lowest BCUT2D eigenvalue weighted by atomic mass is 9.52. The van der Waals surface area contributed by atoms with Crippen molar-refractivity contribution in [1.29, 1.82) is 0 Å². The lowest BCUT2D eigenvalue weighted by molar-refractivity contribution is 0.00286. The first-order chi connectivity index (χ1) is 8.81. The number of hydrogen-bond acceptors (Lipinski definition) is 1. The Morgan fingerprint density at radius 3 is 3.00 bits per heavy atom. The van der Waals surface area contributed by atoms with E-state index in [9.17, 15) is 0 Å². The van der Waals surface area contributed by atoms with Crippen molar-refractivity contribution < 1.29 is 0 Å². The first kappa shape index (κ1) is 11.0. The van der Waals surface area contributed by atoms with Gasteiger partial charge >= 0.3 is 0 Å². The molecule has 1 aliphatic heterocycles. The second-order valence-electron chi connectivity index (χ2n) is 6.67. The maximum absolute atomic E-state index is 2.64. The third-order valence-electron chi connectivity index (χ3n) is 6.02. The van der Waals surface area contributed by atoms with Crippen LogP contribution in [0.25, 0.3) is 0 Å². The fraction of sp³-hybridized carbons (Fsp3) is 0.647. The quantitative estimate of drug-likeness (QED) is 0.673. The summed E-state index contributed by atoms with van der Waals surface area (Å²) in [5.74, 6) is 0.930. The van der Waals surface area contributed by atoms with Gasteiger partial charge in [-0.15, -0.1) is 0 Å². The van der Waals surface area contributed by atoms with Crippen molar-refractivity contribution in [3.8, 4) is 0 Å². The molecule has 1 nitrogen and oxygen atoms in total. The molecule has 3 atom stereocenters. The van der Waals surface area contributed by atoms with Gasteiger partial charge in [-0.25, -0.2) is 0 Å². The molecule has 3 aliphatic rings. The van der Waals surface area contributed by atoms with Crippen molar-refractivity contribution >= 4 is 0 Å². The van der Waals surface area contributed by atoms with Gasteiger partial charge in [0.15, 0.2) is 0 Å². The van der Waals surface area contributed by atoms with Gasteiger partial charge in [0.05, 0.1) is 0 Å². The second kappa shape index (κ2) is 3.84. The number of nitrogens with zero attached hydrogens (tertiary/aromatic N) is 1. The van der Waals surface area contributed by atoms with Gasteiger partial charge in [0.2, 0.25) is 0 Å². The average molecular weight is 241 g/mol. The highest BCUT2D eigenvalue weighted by molar-refractivity contribution is 5.41. The molecule has 1 saturated heterocycles. The smallest absolute Gasteiger partial charge is 0.0169 e. The molecule has 0 spiro atoms. The monoisotopic (exact) mass is 241 g/mol. The van der Waals surface area contributed by atoms with E-state index < -0.39 is 0 Å². The van der Waals surface area contributed by atoms with E-state index in [1.165, 1.54) is 45.1 Å². The Hall–Kier alpha value is -0.820. The van der Waals surface area contributed by atoms with Crippen molar-refractivity contribution in [3.63, 3.8) is 0 Å². The van der Waals surface area contributed by atoms with Gasteiger partial charge in [-0.3, -0.25) is 0 Å². The highest BCUT2D eigenvalue weighted by Crippen LogP contribution is 2.55. The Kier molecular flexibility index (Phi) is 2.35. The Morgan fingerprint density at radius 1 is 1.17 bits per heavy atom. The molecule has 1 saturated carbocycles. The number of fused-ring (bicyclic) bond motifs is 1. The van der Waals surface area contributed by atoms with Gasteiger partial charge in [0.25, 0.3) is 0 Å². The van der Waals surface area contributed by atoms with Gasteiger partial charge in [-0.1, -0.05) is 37.1 Å². The van der Waals surface area contributed by atoms with Crippen molar-refractivity contribution in [1.82, 2.24) is 4.90 Å². The van der Waals surface area contributed by atoms with Crippen LogP contribution in [0.4, 0.5) is 0 Å². The van der Waals surface area contributed by atoms with E-state index in [4.69, 9.17) is 0 Å². The van der Waals surface area contributed by atoms with Crippen molar-refractivity contribution in [2.75, 3.05) is 13.6 Å². The van der Waals surface area contributed by atoms with Crippen LogP contribution in [-0.2, 0) is 11.8 Å². The maximum Gasteiger partial charge on any atom is 0.0169 e. The standard InChI is InChI=1S/C17H23N/c1-18-11-10-17-9-5-4-8-15(17)16(18)12-13-6-2-3-7-14(13)17/h2-3,6-7,15-16H,4-5,8-12H2,1H3/t15-,16-,17+/m0/s1. The molecule has 2 bridgehead atoms. The summed E-state index contributed by atoms with van der Waals surface area (Å²) >= 11 is 0. The van der Waals surface area contributed by atoms with Gasteiger partial charge in [0, 0.05) is 11.5 Å². The minimum absolute atomic E-state index is 0.546. The molecule has 18 heavy (non-hydrogen) atoms. The molecule has 0 N–H and O–H groups in total. The van der Waals surface area contributed by atoms with Crippen molar-refractivity contribution in [2.45, 2.75) is 50.0 Å². The Labute approximate surface area is 110 Å². The molecular weight excluding hydrogens is 218 g/mol. The van der Waals surface area contributed by atoms with Crippen LogP contribution in [0.5, 0.6) is 0 Å². The van der Waals surface area contributed by atoms with Crippen LogP contribution in [0.3, 0.4) is 0 Å². The number of likely N-dealkylation sites (N-methyl/N-ethyl adjacent to an activating group) is 1. The Morgan fingerprint density at radius 2 is 2.06 bits per heavy atom. The summed E-state index contributed by atoms with van der Waals surface area (Å²) in [6, 6.07) is 10.1. The van der Waals surface area contributed by atoms with E-state index >= 15 is 0 Å². The normalized spacial score (nSPS) is 38.9. The minimum atomic E-state index is 0.546. The topological polar surface area (TPSA) is 3.24 Å². The predicted molar refractivity (Wildman–Crippen MR) is 74.8 cm³/mol. The Bertz CT molecular complexity index is 466. The van der Waals surface area contributed by atoms with E-state index in [0.29, 0.717) is 5.41 Å². The zero-order valence-electron chi connectivity index (χ0n) is 11.4. The minimum Gasteiger partial charge on any atom is -0.303 e. The van der Waals surface area contributed by atoms with E-state index in [0.717, 1.165) is 12.0 Å². The van der Waals surface area contributed by atoms with Crippen LogP contribution in [0.2, 0.25) is 0 Å². The lowest BCUT2D eigenvalue weighted by Crippen LogP contribution is -2.59. The Balaban J connectivity index is 1.90. The molecule has 96 valence electrons. The fourth-order valence-electron chi connectivity index (χ4n) is 5.16. The molecular formula is C17H23N. The molecule has 1 aromatic carbocycles. The maximum atomic E-state index is 2.64. The van der Waals surface area contributed by atoms with E-state index in [2.05, 4.69) is 36.2 Å². The van der Waals surface area contributed by atoms with Crippen LogP contribution in [0.1, 0.15) is 43.2 Å². The van der Waals surface area contributed by atoms with Crippen LogP contribution < -0.4 is 0 Å². The number of hydrogen-bond donors (Lipinski definition) is 0. The van der Waals surface area contributed by atoms with E-state index in [1.807, 2.05) is 0 Å². The third-order valence-corrected chi connectivity index (χ3v) is 6.02. The molecule has 2 aliphatic carbocycles. The molecule has 0 unspecified atom stereocenters. The fourth-order valence-corrected chi connectivity index (χ4v) is 5.16. The van der Waals surface area contributed by atoms with Crippen LogP contribution >= 0.6 is 0 Å². The summed E-state index contributed by atoms with van der Waals surface area (Å²) in [4.78, 5) is 2.64. The molecule has 2 fully saturated rings. The number of rotatable bonds is 0. The zero-order valence-corrected chi connectivity index (χ0v) is 11.4. The summed E-state index contributed by atoms with van der Waals surface area (Å²) in [6.07, 6.45) is 8.49. The summed E-state index contributed by atoms with van der Waals surface area (Å²) < 4.78 is 0. The summed E-state index contributed by atoms with van der Waals surface area (Å²) in [5.41, 5.74) is 3.91. The largest absolute Gasteiger partial charge is 0.303 e. The average Bonchev–Trinajstić information content (AvgIpc) is 2.43. The van der Waals surface area contributed by atoms with Crippen LogP contribution in [0, 0.1) is 5.92 Å². The molecule has 0 amide bonds. The summed E-state index contributed by atoms with van der Waals surface area (Å²) in [5, 5.41) is 0. The summed E-state index contributed by atoms with van der Waals surface area (Å²) in [6.45, 7) is 1.30. The predicted octanol–water partition coefficient (Wildman–Crippen LogP) is 3.37. The highest BCUT2D eigenvalue weighted by Gasteiger charge is 2.52. The first-order valence-electron chi connectivity index (χ1n) is 7.60. The van der Waals surface area contributed by atoms with Crippen molar-refractivity contribution in [2.24, 2.45) is 5.92 Å². The third kappa shape index (κ3) is 1.31. The molecule has 0 aromatic heterocycles. The zero-order chi connectivity index (χ0) is 12.2. The van der Waals surface area contributed by atoms with Crippen LogP contribution in [-0.4, -0.2) is 24.5 Å². The molecule has 1 heterocycles. The molecule has 1 aromatic rings. The molecule has 4 rings (SSSR count). The van der Waals surface area contributed by atoms with Gasteiger partial charge < -0.3 is 4.90 Å². The number of benzene rings is 1. The van der Waals surface area contributed by atoms with Crippen LogP contribution in [0.15, 0.2) is 24.3 Å².